The van der Waals surface area contributed by atoms with Crippen LogP contribution in [0.2, 0.25) is 0 Å². The van der Waals surface area contributed by atoms with Crippen LogP contribution in [0.3, 0.4) is 0 Å². The number of aliphatic imine (C=N–C) groups is 1. The molecule has 1 aliphatic heterocycles. The van der Waals surface area contributed by atoms with Gasteiger partial charge in [0.25, 0.3) is 0 Å². The summed E-state index contributed by atoms with van der Waals surface area (Å²) in [4.78, 5) is 14.9. The van der Waals surface area contributed by atoms with Gasteiger partial charge >= 0.3 is 0 Å². The van der Waals surface area contributed by atoms with Crippen molar-refractivity contribution in [3.63, 3.8) is 0 Å². The Labute approximate surface area is 135 Å². The Morgan fingerprint density at radius 3 is 2.48 bits per heavy atom. The van der Waals surface area contributed by atoms with Crippen molar-refractivity contribution < 1.29 is 22.7 Å². The summed E-state index contributed by atoms with van der Waals surface area (Å²) in [6.45, 7) is 0. The lowest BCUT2D eigenvalue weighted by atomic mass is 9.88. The first-order chi connectivity index (χ1) is 11.0. The predicted molar refractivity (Wildman–Crippen MR) is 84.3 cm³/mol. The molecule has 1 heterocycles. The van der Waals surface area contributed by atoms with Crippen LogP contribution in [0.25, 0.3) is 0 Å². The lowest BCUT2D eigenvalue weighted by molar-refractivity contribution is 0.219. The second kappa shape index (κ2) is 5.98. The molecule has 1 aliphatic carbocycles. The van der Waals surface area contributed by atoms with Crippen molar-refractivity contribution >= 4 is 15.9 Å². The number of nitrogens with zero attached hydrogens (tertiary/aromatic N) is 1. The summed E-state index contributed by atoms with van der Waals surface area (Å²) in [5, 5.41) is 0. The number of methoxy groups -OCH3 is 1. The molecule has 23 heavy (non-hydrogen) atoms. The molecular formula is C16H19NO5S. The number of ether oxygens (including phenoxy) is 2. The van der Waals surface area contributed by atoms with Crippen LogP contribution in [-0.2, 0) is 20.2 Å². The van der Waals surface area contributed by atoms with E-state index in [9.17, 15) is 13.2 Å². The lowest BCUT2D eigenvalue weighted by Crippen LogP contribution is -2.45. The highest BCUT2D eigenvalue weighted by Crippen LogP contribution is 2.44. The van der Waals surface area contributed by atoms with Crippen LogP contribution in [0.4, 0.5) is 0 Å². The first-order valence-corrected chi connectivity index (χ1v) is 9.45. The molecule has 1 saturated carbocycles. The Kier molecular flexibility index (Phi) is 4.17. The van der Waals surface area contributed by atoms with E-state index < -0.39 is 15.4 Å². The van der Waals surface area contributed by atoms with Gasteiger partial charge in [0.15, 0.2) is 21.3 Å². The summed E-state index contributed by atoms with van der Waals surface area (Å²) in [5.74, 6) is 1.12. The van der Waals surface area contributed by atoms with Crippen LogP contribution in [0.1, 0.15) is 31.2 Å². The Hall–Kier alpha value is -1.85. The summed E-state index contributed by atoms with van der Waals surface area (Å²) in [6.07, 6.45) is 5.03. The van der Waals surface area contributed by atoms with Crippen molar-refractivity contribution in [2.24, 2.45) is 4.99 Å². The minimum absolute atomic E-state index is 0.0390. The molecule has 1 aromatic rings. The third-order valence-corrected chi connectivity index (χ3v) is 6.32. The summed E-state index contributed by atoms with van der Waals surface area (Å²) in [7, 11) is -1.40. The Balaban J connectivity index is 1.86. The molecule has 0 spiro atoms. The molecule has 0 amide bonds. The maximum atomic E-state index is 11.2. The van der Waals surface area contributed by atoms with E-state index in [1.54, 1.807) is 12.1 Å². The van der Waals surface area contributed by atoms with Gasteiger partial charge in [0, 0.05) is 0 Å². The molecule has 1 saturated heterocycles. The molecule has 0 bridgehead atoms. The van der Waals surface area contributed by atoms with Crippen LogP contribution in [-0.4, -0.2) is 39.2 Å². The molecule has 2 fully saturated rings. The molecule has 7 heteroatoms. The van der Waals surface area contributed by atoms with Crippen LogP contribution in [0, 0.1) is 0 Å². The minimum atomic E-state index is -2.93. The third kappa shape index (κ3) is 3.12. The average molecular weight is 337 g/mol. The second-order valence-electron chi connectivity index (χ2n) is 6.12. The molecule has 6 nitrogen and oxygen atoms in total. The van der Waals surface area contributed by atoms with E-state index >= 15 is 0 Å². The minimum Gasteiger partial charge on any atom is -0.493 e. The molecule has 0 aromatic heterocycles. The van der Waals surface area contributed by atoms with E-state index in [-0.39, 0.29) is 17.6 Å². The largest absolute Gasteiger partial charge is 0.493 e. The maximum absolute atomic E-state index is 11.2. The van der Waals surface area contributed by atoms with E-state index in [2.05, 4.69) is 4.99 Å². The van der Waals surface area contributed by atoms with Crippen LogP contribution in [0.5, 0.6) is 11.5 Å². The maximum Gasteiger partial charge on any atom is 0.235 e. The lowest BCUT2D eigenvalue weighted by Gasteiger charge is -2.28. The highest BCUT2D eigenvalue weighted by Gasteiger charge is 2.38. The zero-order chi connectivity index (χ0) is 16.5. The van der Waals surface area contributed by atoms with Gasteiger partial charge in [-0.3, -0.25) is 0 Å². The average Bonchev–Trinajstić information content (AvgIpc) is 2.96. The normalized spacial score (nSPS) is 22.0. The van der Waals surface area contributed by atoms with Gasteiger partial charge in [-0.25, -0.2) is 13.2 Å². The molecule has 0 N–H and O–H groups in total. The molecule has 0 radical (unpaired) electrons. The zero-order valence-corrected chi connectivity index (χ0v) is 13.8. The third-order valence-electron chi connectivity index (χ3n) is 4.56. The molecule has 2 aliphatic rings. The molecule has 0 atom stereocenters. The first kappa shape index (κ1) is 16.0. The van der Waals surface area contributed by atoms with Crippen molar-refractivity contribution in [3.8, 4) is 11.5 Å². The fourth-order valence-electron chi connectivity index (χ4n) is 3.33. The Bertz CT molecular complexity index is 734. The highest BCUT2D eigenvalue weighted by molar-refractivity contribution is 7.92. The van der Waals surface area contributed by atoms with Gasteiger partial charge in [-0.1, -0.05) is 18.9 Å². The van der Waals surface area contributed by atoms with Gasteiger partial charge in [0.2, 0.25) is 6.08 Å². The van der Waals surface area contributed by atoms with Crippen molar-refractivity contribution in [1.82, 2.24) is 0 Å². The molecular weight excluding hydrogens is 318 g/mol. The number of rotatable bonds is 5. The fourth-order valence-corrected chi connectivity index (χ4v) is 4.50. The summed E-state index contributed by atoms with van der Waals surface area (Å²) < 4.78 is 33.5. The van der Waals surface area contributed by atoms with E-state index in [1.165, 1.54) is 7.11 Å². The van der Waals surface area contributed by atoms with Crippen molar-refractivity contribution in [2.75, 3.05) is 18.6 Å². The topological polar surface area (TPSA) is 82.0 Å². The van der Waals surface area contributed by atoms with Gasteiger partial charge in [-0.2, -0.15) is 4.99 Å². The van der Waals surface area contributed by atoms with E-state index in [1.807, 2.05) is 12.1 Å². The van der Waals surface area contributed by atoms with Gasteiger partial charge in [-0.15, -0.1) is 0 Å². The van der Waals surface area contributed by atoms with Crippen LogP contribution >= 0.6 is 0 Å². The summed E-state index contributed by atoms with van der Waals surface area (Å²) in [5.41, 5.74) is 0.386. The number of hydrogen-bond donors (Lipinski definition) is 0. The Morgan fingerprint density at radius 2 is 1.91 bits per heavy atom. The molecule has 1 aromatic carbocycles. The van der Waals surface area contributed by atoms with Gasteiger partial charge in [0.05, 0.1) is 24.2 Å². The van der Waals surface area contributed by atoms with Gasteiger partial charge < -0.3 is 9.47 Å². The van der Waals surface area contributed by atoms with Crippen LogP contribution in [0.15, 0.2) is 23.2 Å². The predicted octanol–water partition coefficient (Wildman–Crippen LogP) is 1.98. The van der Waals surface area contributed by atoms with Crippen molar-refractivity contribution in [2.45, 2.75) is 37.3 Å². The SMILES string of the molecule is COc1cc(C2(N=C=O)CCCC2)ccc1OC1CS(=O)(=O)C1. The van der Waals surface area contributed by atoms with E-state index in [0.717, 1.165) is 31.2 Å². The number of carbonyl (C=O) groups excluding carboxylic acids is 1. The number of benzene rings is 1. The zero-order valence-electron chi connectivity index (χ0n) is 12.9. The Morgan fingerprint density at radius 1 is 1.22 bits per heavy atom. The fraction of sp³-hybridized carbons (Fsp3) is 0.562. The van der Waals surface area contributed by atoms with E-state index in [0.29, 0.717) is 11.5 Å². The van der Waals surface area contributed by atoms with Crippen molar-refractivity contribution in [1.29, 1.82) is 0 Å². The standard InChI is InChI=1S/C16H19NO5S/c1-21-15-8-12(16(17-11-18)6-2-3-7-16)4-5-14(15)22-13-9-23(19,20)10-13/h4-5,8,13H,2-3,6-7,9-10H2,1H3. The summed E-state index contributed by atoms with van der Waals surface area (Å²) >= 11 is 0. The molecule has 3 rings (SSSR count). The first-order valence-electron chi connectivity index (χ1n) is 7.63. The van der Waals surface area contributed by atoms with Crippen LogP contribution < -0.4 is 9.47 Å². The molecule has 0 unspecified atom stereocenters. The smallest absolute Gasteiger partial charge is 0.235 e. The van der Waals surface area contributed by atoms with E-state index in [4.69, 9.17) is 9.47 Å². The van der Waals surface area contributed by atoms with Crippen molar-refractivity contribution in [3.05, 3.63) is 23.8 Å². The highest BCUT2D eigenvalue weighted by atomic mass is 32.2. The number of isocyanates is 1. The van der Waals surface area contributed by atoms with Gasteiger partial charge in [0.1, 0.15) is 6.10 Å². The molecule has 124 valence electrons. The quantitative estimate of drug-likeness (QED) is 0.606. The monoisotopic (exact) mass is 337 g/mol. The summed E-state index contributed by atoms with van der Waals surface area (Å²) in [6, 6.07) is 5.46. The second-order valence-corrected chi connectivity index (χ2v) is 8.28. The number of hydrogen-bond acceptors (Lipinski definition) is 6. The van der Waals surface area contributed by atoms with Gasteiger partial charge in [-0.05, 0) is 30.5 Å². The number of sulfone groups is 1.